The summed E-state index contributed by atoms with van der Waals surface area (Å²) in [4.78, 5) is 42.0. The summed E-state index contributed by atoms with van der Waals surface area (Å²) in [5.74, 6) is -0.818. The Labute approximate surface area is 182 Å². The number of esters is 1. The highest BCUT2D eigenvalue weighted by Crippen LogP contribution is 2.36. The first-order chi connectivity index (χ1) is 15.0. The number of carbonyl (C=O) groups excluding carboxylic acids is 3. The molecule has 0 aromatic carbocycles. The van der Waals surface area contributed by atoms with Gasteiger partial charge in [-0.1, -0.05) is 6.07 Å². The third kappa shape index (κ3) is 5.67. The van der Waals surface area contributed by atoms with Crippen molar-refractivity contribution < 1.29 is 23.9 Å². The van der Waals surface area contributed by atoms with E-state index in [9.17, 15) is 19.6 Å². The summed E-state index contributed by atoms with van der Waals surface area (Å²) < 4.78 is 9.62. The molecule has 1 aliphatic heterocycles. The van der Waals surface area contributed by atoms with Gasteiger partial charge < -0.3 is 19.7 Å². The van der Waals surface area contributed by atoms with Crippen molar-refractivity contribution >= 4 is 40.4 Å². The number of carbonyl (C=O) groups is 3. The van der Waals surface area contributed by atoms with Gasteiger partial charge in [0, 0.05) is 29.9 Å². The Hall–Kier alpha value is -3.71. The first kappa shape index (κ1) is 22.0. The molecule has 160 valence electrons. The van der Waals surface area contributed by atoms with E-state index in [1.807, 2.05) is 6.07 Å². The standard InChI is InChI=1S/C21H20N4O5S/c1-29-19(27)7-10-30-21(28)25-9-6-15-16(11-22)20(31-17(15)13-25)24-18(26)5-4-14-3-2-8-23-12-14/h2-5,8,12H,6-7,9-10,13H2,1H3,(H,24,26)/b5-4+. The minimum atomic E-state index is -0.536. The van der Waals surface area contributed by atoms with Gasteiger partial charge in [0.1, 0.15) is 17.7 Å². The fraction of sp³-hybridized carbons (Fsp3) is 0.286. The van der Waals surface area contributed by atoms with Gasteiger partial charge >= 0.3 is 12.1 Å². The maximum Gasteiger partial charge on any atom is 0.410 e. The molecule has 2 amide bonds. The molecule has 0 aliphatic carbocycles. The smallest absolute Gasteiger partial charge is 0.410 e. The van der Waals surface area contributed by atoms with Crippen LogP contribution in [0.15, 0.2) is 30.6 Å². The molecular formula is C21H20N4O5S. The van der Waals surface area contributed by atoms with Crippen molar-refractivity contribution in [1.82, 2.24) is 9.88 Å². The lowest BCUT2D eigenvalue weighted by molar-refractivity contribution is -0.141. The number of ether oxygens (including phenoxy) is 2. The number of methoxy groups -OCH3 is 1. The van der Waals surface area contributed by atoms with Gasteiger partial charge in [0.15, 0.2) is 0 Å². The lowest BCUT2D eigenvalue weighted by Crippen LogP contribution is -2.36. The van der Waals surface area contributed by atoms with E-state index in [1.54, 1.807) is 24.5 Å². The van der Waals surface area contributed by atoms with E-state index in [0.717, 1.165) is 16.0 Å². The number of amides is 2. The normalized spacial score (nSPS) is 12.7. The van der Waals surface area contributed by atoms with Crippen LogP contribution >= 0.6 is 11.3 Å². The van der Waals surface area contributed by atoms with Crippen molar-refractivity contribution in [3.8, 4) is 6.07 Å². The first-order valence-corrected chi connectivity index (χ1v) is 10.3. The van der Waals surface area contributed by atoms with Crippen molar-refractivity contribution in [2.75, 3.05) is 25.6 Å². The molecule has 0 atom stereocenters. The molecule has 9 nitrogen and oxygen atoms in total. The summed E-state index contributed by atoms with van der Waals surface area (Å²) >= 11 is 1.27. The van der Waals surface area contributed by atoms with E-state index < -0.39 is 12.1 Å². The van der Waals surface area contributed by atoms with E-state index in [-0.39, 0.29) is 25.5 Å². The molecule has 1 aliphatic rings. The monoisotopic (exact) mass is 440 g/mol. The average molecular weight is 440 g/mol. The number of nitrogens with zero attached hydrogens (tertiary/aromatic N) is 3. The van der Waals surface area contributed by atoms with Crippen LogP contribution < -0.4 is 5.32 Å². The second-order valence-electron chi connectivity index (χ2n) is 6.54. The minimum absolute atomic E-state index is 0.0122. The Balaban J connectivity index is 1.64. The zero-order valence-electron chi connectivity index (χ0n) is 16.8. The molecule has 10 heteroatoms. The molecule has 0 radical (unpaired) electrons. The second-order valence-corrected chi connectivity index (χ2v) is 7.65. The SMILES string of the molecule is COC(=O)CCOC(=O)N1CCc2c(sc(NC(=O)/C=C/c3cccnc3)c2C#N)C1. The van der Waals surface area contributed by atoms with Crippen molar-refractivity contribution in [1.29, 1.82) is 5.26 Å². The van der Waals surface area contributed by atoms with Crippen molar-refractivity contribution in [2.24, 2.45) is 0 Å². The molecule has 31 heavy (non-hydrogen) atoms. The van der Waals surface area contributed by atoms with Crippen LogP contribution in [0.3, 0.4) is 0 Å². The summed E-state index contributed by atoms with van der Waals surface area (Å²) in [6, 6.07) is 5.74. The molecule has 3 heterocycles. The van der Waals surface area contributed by atoms with Crippen LogP contribution in [0.1, 0.15) is 28.0 Å². The summed E-state index contributed by atoms with van der Waals surface area (Å²) in [5, 5.41) is 12.8. The number of nitriles is 1. The predicted octanol–water partition coefficient (Wildman–Crippen LogP) is 2.72. The van der Waals surface area contributed by atoms with Crippen LogP contribution in [0.4, 0.5) is 9.80 Å². The summed E-state index contributed by atoms with van der Waals surface area (Å²) in [6.45, 7) is 0.588. The molecule has 2 aromatic rings. The third-order valence-electron chi connectivity index (χ3n) is 4.53. The topological polar surface area (TPSA) is 122 Å². The van der Waals surface area contributed by atoms with Crippen LogP contribution in [0.5, 0.6) is 0 Å². The van der Waals surface area contributed by atoms with E-state index in [0.29, 0.717) is 23.5 Å². The summed E-state index contributed by atoms with van der Waals surface area (Å²) in [5.41, 5.74) is 2.03. The molecule has 1 N–H and O–H groups in total. The van der Waals surface area contributed by atoms with Crippen LogP contribution in [0, 0.1) is 11.3 Å². The molecule has 0 bridgehead atoms. The van der Waals surface area contributed by atoms with Gasteiger partial charge in [-0.3, -0.25) is 14.6 Å². The molecule has 0 spiro atoms. The average Bonchev–Trinajstić information content (AvgIpc) is 3.14. The number of rotatable bonds is 6. The maximum atomic E-state index is 12.3. The Morgan fingerprint density at radius 2 is 2.26 bits per heavy atom. The number of nitrogens with one attached hydrogen (secondary N) is 1. The maximum absolute atomic E-state index is 12.3. The molecule has 3 rings (SSSR count). The first-order valence-electron chi connectivity index (χ1n) is 9.44. The fourth-order valence-corrected chi connectivity index (χ4v) is 4.20. The number of fused-ring (bicyclic) bond motifs is 1. The minimum Gasteiger partial charge on any atom is -0.469 e. The zero-order chi connectivity index (χ0) is 22.2. The van der Waals surface area contributed by atoms with Crippen molar-refractivity contribution in [3.05, 3.63) is 52.2 Å². The molecule has 0 fully saturated rings. The Morgan fingerprint density at radius 1 is 1.42 bits per heavy atom. The second kappa shape index (κ2) is 10.4. The van der Waals surface area contributed by atoms with Gasteiger partial charge in [-0.25, -0.2) is 4.79 Å². The van der Waals surface area contributed by atoms with Crippen molar-refractivity contribution in [3.63, 3.8) is 0 Å². The van der Waals surface area contributed by atoms with Gasteiger partial charge in [-0.2, -0.15) is 5.26 Å². The number of hydrogen-bond acceptors (Lipinski definition) is 8. The lowest BCUT2D eigenvalue weighted by atomic mass is 10.0. The molecule has 0 saturated heterocycles. The number of aromatic nitrogens is 1. The van der Waals surface area contributed by atoms with Gasteiger partial charge in [0.05, 0.1) is 25.6 Å². The molecule has 0 unspecified atom stereocenters. The molecular weight excluding hydrogens is 420 g/mol. The lowest BCUT2D eigenvalue weighted by Gasteiger charge is -2.26. The summed E-state index contributed by atoms with van der Waals surface area (Å²) in [6.07, 6.45) is 6.21. The number of anilines is 1. The zero-order valence-corrected chi connectivity index (χ0v) is 17.6. The highest BCUT2D eigenvalue weighted by Gasteiger charge is 2.28. The Morgan fingerprint density at radius 3 is 2.97 bits per heavy atom. The highest BCUT2D eigenvalue weighted by molar-refractivity contribution is 7.16. The largest absolute Gasteiger partial charge is 0.469 e. The van der Waals surface area contributed by atoms with E-state index >= 15 is 0 Å². The predicted molar refractivity (Wildman–Crippen MR) is 113 cm³/mol. The third-order valence-corrected chi connectivity index (χ3v) is 5.67. The van der Waals surface area contributed by atoms with Crippen LogP contribution in [0.25, 0.3) is 6.08 Å². The molecule has 2 aromatic heterocycles. The van der Waals surface area contributed by atoms with E-state index in [2.05, 4.69) is 21.1 Å². The van der Waals surface area contributed by atoms with Gasteiger partial charge in [-0.15, -0.1) is 11.3 Å². The Kier molecular flexibility index (Phi) is 7.35. The van der Waals surface area contributed by atoms with Crippen molar-refractivity contribution in [2.45, 2.75) is 19.4 Å². The van der Waals surface area contributed by atoms with Crippen LogP contribution in [-0.4, -0.2) is 48.1 Å². The number of pyridine rings is 1. The Bertz CT molecular complexity index is 1040. The van der Waals surface area contributed by atoms with Gasteiger partial charge in [0.25, 0.3) is 0 Å². The number of thiophene rings is 1. The quantitative estimate of drug-likeness (QED) is 0.541. The fourth-order valence-electron chi connectivity index (χ4n) is 2.98. The number of hydrogen-bond donors (Lipinski definition) is 1. The molecule has 0 saturated carbocycles. The van der Waals surface area contributed by atoms with Crippen LogP contribution in [0.2, 0.25) is 0 Å². The summed E-state index contributed by atoms with van der Waals surface area (Å²) in [7, 11) is 1.27. The van der Waals surface area contributed by atoms with Gasteiger partial charge in [-0.05, 0) is 29.7 Å². The van der Waals surface area contributed by atoms with E-state index in [1.165, 1.54) is 29.4 Å². The van der Waals surface area contributed by atoms with Crippen LogP contribution in [-0.2, 0) is 32.0 Å². The van der Waals surface area contributed by atoms with E-state index in [4.69, 9.17) is 4.74 Å². The highest BCUT2D eigenvalue weighted by atomic mass is 32.1. The van der Waals surface area contributed by atoms with Gasteiger partial charge in [0.2, 0.25) is 5.91 Å².